The third-order valence-corrected chi connectivity index (χ3v) is 8.80. The van der Waals surface area contributed by atoms with Crippen LogP contribution in [-0.2, 0) is 20.9 Å². The molecule has 2 aromatic carbocycles. The fourth-order valence-corrected chi connectivity index (χ4v) is 5.99. The van der Waals surface area contributed by atoms with Crippen LogP contribution in [0.2, 0.25) is 0 Å². The maximum Gasteiger partial charge on any atom is 0.433 e. The van der Waals surface area contributed by atoms with E-state index < -0.39 is 27.7 Å². The minimum Gasteiger partial charge on any atom is -0.492 e. The molecule has 0 bridgehead atoms. The highest BCUT2D eigenvalue weighted by molar-refractivity contribution is 7.89. The predicted molar refractivity (Wildman–Crippen MR) is 147 cm³/mol. The molecule has 0 saturated carbocycles. The van der Waals surface area contributed by atoms with Gasteiger partial charge in [0.1, 0.15) is 24.0 Å². The van der Waals surface area contributed by atoms with Gasteiger partial charge in [0.05, 0.1) is 18.1 Å². The van der Waals surface area contributed by atoms with Crippen molar-refractivity contribution in [3.05, 3.63) is 66.1 Å². The number of piperazine rings is 1. The average molecular weight is 611 g/mol. The van der Waals surface area contributed by atoms with E-state index in [0.717, 1.165) is 25.7 Å². The Morgan fingerprint density at radius 2 is 1.57 bits per heavy atom. The molecule has 226 valence electrons. The maximum atomic E-state index is 13.6. The van der Waals surface area contributed by atoms with Gasteiger partial charge in [-0.1, -0.05) is 0 Å². The zero-order chi connectivity index (χ0) is 29.7. The average Bonchev–Trinajstić information content (AvgIpc) is 2.99. The first-order chi connectivity index (χ1) is 20.1. The van der Waals surface area contributed by atoms with Gasteiger partial charge in [-0.3, -0.25) is 4.90 Å². The quantitative estimate of drug-likeness (QED) is 0.365. The summed E-state index contributed by atoms with van der Waals surface area (Å²) in [4.78, 5) is 11.7. The summed E-state index contributed by atoms with van der Waals surface area (Å²) in [5.41, 5.74) is -0.807. The number of rotatable bonds is 9. The lowest BCUT2D eigenvalue weighted by Gasteiger charge is -2.34. The second kappa shape index (κ2) is 12.8. The van der Waals surface area contributed by atoms with Crippen molar-refractivity contribution in [2.24, 2.45) is 0 Å². The van der Waals surface area contributed by atoms with Crippen molar-refractivity contribution in [3.8, 4) is 5.75 Å². The highest BCUT2D eigenvalue weighted by atomic mass is 32.2. The van der Waals surface area contributed by atoms with E-state index >= 15 is 0 Å². The van der Waals surface area contributed by atoms with E-state index in [1.54, 1.807) is 12.1 Å². The van der Waals surface area contributed by atoms with Crippen LogP contribution in [0.1, 0.15) is 5.69 Å². The van der Waals surface area contributed by atoms with E-state index in [1.807, 2.05) is 0 Å². The molecule has 0 radical (unpaired) electrons. The van der Waals surface area contributed by atoms with Gasteiger partial charge in [-0.2, -0.15) is 22.5 Å². The molecule has 2 aliphatic rings. The number of nitrogens with zero attached hydrogens (tertiary/aromatic N) is 5. The summed E-state index contributed by atoms with van der Waals surface area (Å²) in [5, 5.41) is 2.74. The summed E-state index contributed by atoms with van der Waals surface area (Å²) in [6, 6.07) is 12.0. The van der Waals surface area contributed by atoms with E-state index in [4.69, 9.17) is 9.47 Å². The number of ether oxygens (including phenoxy) is 2. The summed E-state index contributed by atoms with van der Waals surface area (Å²) in [6.07, 6.45) is -4.74. The molecule has 3 heterocycles. The molecule has 5 rings (SSSR count). The molecule has 15 heteroatoms. The molecular weight excluding hydrogens is 580 g/mol. The summed E-state index contributed by atoms with van der Waals surface area (Å²) < 4.78 is 92.9. The Morgan fingerprint density at radius 3 is 2.21 bits per heavy atom. The second-order valence-corrected chi connectivity index (χ2v) is 11.7. The molecule has 0 aliphatic carbocycles. The summed E-state index contributed by atoms with van der Waals surface area (Å²) >= 11 is 0. The van der Waals surface area contributed by atoms with E-state index in [2.05, 4.69) is 20.2 Å². The van der Waals surface area contributed by atoms with Crippen LogP contribution in [0, 0.1) is 5.82 Å². The van der Waals surface area contributed by atoms with Crippen molar-refractivity contribution in [2.75, 3.05) is 75.9 Å². The lowest BCUT2D eigenvalue weighted by molar-refractivity contribution is -0.141. The van der Waals surface area contributed by atoms with Gasteiger partial charge in [0.15, 0.2) is 5.69 Å². The molecule has 3 aromatic rings. The Balaban J connectivity index is 1.21. The number of alkyl halides is 3. The van der Waals surface area contributed by atoms with Crippen molar-refractivity contribution < 1.29 is 35.5 Å². The molecule has 10 nitrogen and oxygen atoms in total. The first kappa shape index (κ1) is 29.9. The second-order valence-electron chi connectivity index (χ2n) is 9.73. The minimum atomic E-state index is -4.74. The monoisotopic (exact) mass is 610 g/mol. The van der Waals surface area contributed by atoms with Gasteiger partial charge < -0.3 is 19.7 Å². The number of aromatic nitrogens is 2. The molecular formula is C27H30F4N6O4S. The van der Waals surface area contributed by atoms with Crippen LogP contribution in [0.15, 0.2) is 59.5 Å². The number of halogens is 4. The molecule has 42 heavy (non-hydrogen) atoms. The largest absolute Gasteiger partial charge is 0.492 e. The van der Waals surface area contributed by atoms with E-state index in [1.165, 1.54) is 45.6 Å². The number of benzene rings is 2. The molecule has 2 saturated heterocycles. The van der Waals surface area contributed by atoms with Gasteiger partial charge in [0, 0.05) is 57.6 Å². The molecule has 1 aromatic heterocycles. The van der Waals surface area contributed by atoms with Crippen LogP contribution < -0.4 is 15.0 Å². The van der Waals surface area contributed by atoms with Crippen LogP contribution in [-0.4, -0.2) is 93.2 Å². The molecule has 0 spiro atoms. The maximum absolute atomic E-state index is 13.6. The number of anilines is 3. The Labute approximate surface area is 240 Å². The number of morpholine rings is 1. The zero-order valence-electron chi connectivity index (χ0n) is 22.6. The summed E-state index contributed by atoms with van der Waals surface area (Å²) in [7, 11) is -3.84. The van der Waals surface area contributed by atoms with Gasteiger partial charge in [-0.25, -0.2) is 17.8 Å². The fourth-order valence-electron chi connectivity index (χ4n) is 4.57. The van der Waals surface area contributed by atoms with Crippen LogP contribution >= 0.6 is 0 Å². The molecule has 0 unspecified atom stereocenters. The smallest absolute Gasteiger partial charge is 0.433 e. The van der Waals surface area contributed by atoms with E-state index in [0.29, 0.717) is 31.3 Å². The van der Waals surface area contributed by atoms with Crippen molar-refractivity contribution in [3.63, 3.8) is 0 Å². The van der Waals surface area contributed by atoms with Crippen molar-refractivity contribution in [1.29, 1.82) is 0 Å². The third-order valence-electron chi connectivity index (χ3n) is 6.88. The number of hydrogen-bond acceptors (Lipinski definition) is 9. The van der Waals surface area contributed by atoms with Crippen LogP contribution in [0.25, 0.3) is 0 Å². The van der Waals surface area contributed by atoms with Crippen molar-refractivity contribution >= 4 is 27.5 Å². The Bertz CT molecular complexity index is 1440. The van der Waals surface area contributed by atoms with Gasteiger partial charge in [-0.05, 0) is 48.5 Å². The zero-order valence-corrected chi connectivity index (χ0v) is 23.4. The highest BCUT2D eigenvalue weighted by Crippen LogP contribution is 2.32. The summed E-state index contributed by atoms with van der Waals surface area (Å²) in [5.74, 6) is -0.249. The Kier molecular flexibility index (Phi) is 9.11. The molecule has 2 fully saturated rings. The summed E-state index contributed by atoms with van der Waals surface area (Å²) in [6.45, 7) is 4.52. The number of sulfonamides is 1. The minimum absolute atomic E-state index is 0.0282. The van der Waals surface area contributed by atoms with Gasteiger partial charge in [0.2, 0.25) is 16.0 Å². The van der Waals surface area contributed by atoms with Crippen LogP contribution in [0.5, 0.6) is 5.75 Å². The lowest BCUT2D eigenvalue weighted by Crippen LogP contribution is -2.49. The van der Waals surface area contributed by atoms with Crippen molar-refractivity contribution in [1.82, 2.24) is 19.2 Å². The normalized spacial score (nSPS) is 17.3. The highest BCUT2D eigenvalue weighted by Gasteiger charge is 2.35. The van der Waals surface area contributed by atoms with Crippen molar-refractivity contribution in [2.45, 2.75) is 11.1 Å². The molecule has 0 atom stereocenters. The Morgan fingerprint density at radius 1 is 0.905 bits per heavy atom. The van der Waals surface area contributed by atoms with Crippen LogP contribution in [0.3, 0.4) is 0 Å². The number of hydrogen-bond donors (Lipinski definition) is 1. The number of nitrogens with one attached hydrogen (secondary N) is 1. The first-order valence-corrected chi connectivity index (χ1v) is 14.8. The lowest BCUT2D eigenvalue weighted by atomic mass is 10.3. The predicted octanol–water partition coefficient (Wildman–Crippen LogP) is 3.60. The standard InChI is InChI=1S/C27H30F4N6O4S/c28-20-1-3-21(4-2-20)32-25-19-24(27(29,30)31)33-26(34-25)36-9-11-37(12-10-36)42(38,39)23-7-5-22(6-8-23)41-18-15-35-13-16-40-17-14-35/h1-8,19H,9-18H2,(H,32,33,34). The SMILES string of the molecule is O=S(=O)(c1ccc(OCCN2CCOCC2)cc1)N1CCN(c2nc(Nc3ccc(F)cc3)cc(C(F)(F)F)n2)CC1. The Hall–Kier alpha value is -3.53. The van der Waals surface area contributed by atoms with Gasteiger partial charge in [-0.15, -0.1) is 0 Å². The topological polar surface area (TPSA) is 100 Å². The third kappa shape index (κ3) is 7.45. The fraction of sp³-hybridized carbons (Fsp3) is 0.407. The first-order valence-electron chi connectivity index (χ1n) is 13.3. The van der Waals surface area contributed by atoms with E-state index in [-0.39, 0.29) is 42.8 Å². The molecule has 0 amide bonds. The van der Waals surface area contributed by atoms with E-state index in [9.17, 15) is 26.0 Å². The molecule has 1 N–H and O–H groups in total. The van der Waals surface area contributed by atoms with Gasteiger partial charge in [0.25, 0.3) is 0 Å². The van der Waals surface area contributed by atoms with Gasteiger partial charge >= 0.3 is 6.18 Å². The van der Waals surface area contributed by atoms with Crippen LogP contribution in [0.4, 0.5) is 35.0 Å². The molecule has 2 aliphatic heterocycles.